The number of halogens is 1. The SMILES string of the molecule is CCN(CC)c1cccc(OCC(=O)N2CCN(c3ccc(-c4ccccc4Cl)nn3)CC2)c1. The molecule has 2 aromatic carbocycles. The molecule has 34 heavy (non-hydrogen) atoms. The molecule has 0 radical (unpaired) electrons. The monoisotopic (exact) mass is 479 g/mol. The second kappa shape index (κ2) is 11.2. The van der Waals surface area contributed by atoms with E-state index in [4.69, 9.17) is 16.3 Å². The van der Waals surface area contributed by atoms with Crippen LogP contribution >= 0.6 is 11.6 Å². The summed E-state index contributed by atoms with van der Waals surface area (Å²) in [6.45, 7) is 8.77. The fraction of sp³-hybridized carbons (Fsp3) is 0.346. The van der Waals surface area contributed by atoms with E-state index < -0.39 is 0 Å². The van der Waals surface area contributed by atoms with E-state index in [0.717, 1.165) is 35.9 Å². The molecule has 0 spiro atoms. The first kappa shape index (κ1) is 23.8. The molecule has 0 saturated carbocycles. The molecule has 3 aromatic rings. The van der Waals surface area contributed by atoms with Crippen molar-refractivity contribution in [2.45, 2.75) is 13.8 Å². The number of piperazine rings is 1. The lowest BCUT2D eigenvalue weighted by molar-refractivity contribution is -0.133. The number of benzene rings is 2. The van der Waals surface area contributed by atoms with E-state index >= 15 is 0 Å². The summed E-state index contributed by atoms with van der Waals surface area (Å²) >= 11 is 6.26. The third kappa shape index (κ3) is 5.59. The highest BCUT2D eigenvalue weighted by Gasteiger charge is 2.22. The summed E-state index contributed by atoms with van der Waals surface area (Å²) in [4.78, 5) is 18.9. The maximum Gasteiger partial charge on any atom is 0.260 e. The Bertz CT molecular complexity index is 1100. The van der Waals surface area contributed by atoms with Gasteiger partial charge in [-0.05, 0) is 44.2 Å². The minimum absolute atomic E-state index is 0.00644. The molecule has 1 aromatic heterocycles. The number of nitrogens with zero attached hydrogens (tertiary/aromatic N) is 5. The standard InChI is InChI=1S/C26H30ClN5O2/c1-3-30(4-2)20-8-7-9-21(18-20)34-19-26(33)32-16-14-31(15-17-32)25-13-12-24(28-29-25)22-10-5-6-11-23(22)27/h5-13,18H,3-4,14-17,19H2,1-2H3. The van der Waals surface area contributed by atoms with Gasteiger partial charge in [-0.3, -0.25) is 4.79 Å². The van der Waals surface area contributed by atoms with Crippen molar-refractivity contribution in [1.29, 1.82) is 0 Å². The van der Waals surface area contributed by atoms with Crippen LogP contribution in [-0.4, -0.2) is 66.9 Å². The Morgan fingerprint density at radius 2 is 1.74 bits per heavy atom. The summed E-state index contributed by atoms with van der Waals surface area (Å²) in [6.07, 6.45) is 0. The second-order valence-corrected chi connectivity index (χ2v) is 8.49. The fourth-order valence-electron chi connectivity index (χ4n) is 4.09. The van der Waals surface area contributed by atoms with E-state index in [1.54, 1.807) is 0 Å². The predicted octanol–water partition coefficient (Wildman–Crippen LogP) is 4.37. The van der Waals surface area contributed by atoms with Crippen molar-refractivity contribution in [2.24, 2.45) is 0 Å². The van der Waals surface area contributed by atoms with Crippen LogP contribution in [0.5, 0.6) is 5.75 Å². The summed E-state index contributed by atoms with van der Waals surface area (Å²) in [5, 5.41) is 9.39. The molecule has 1 saturated heterocycles. The quantitative estimate of drug-likeness (QED) is 0.478. The van der Waals surface area contributed by atoms with Crippen molar-refractivity contribution < 1.29 is 9.53 Å². The van der Waals surface area contributed by atoms with E-state index in [-0.39, 0.29) is 12.5 Å². The number of ether oxygens (including phenoxy) is 1. The van der Waals surface area contributed by atoms with Crippen LogP contribution in [0.1, 0.15) is 13.8 Å². The zero-order valence-electron chi connectivity index (χ0n) is 19.7. The molecule has 0 aliphatic carbocycles. The van der Waals surface area contributed by atoms with Gasteiger partial charge in [0.25, 0.3) is 5.91 Å². The van der Waals surface area contributed by atoms with Gasteiger partial charge in [-0.15, -0.1) is 10.2 Å². The van der Waals surface area contributed by atoms with E-state index in [1.807, 2.05) is 59.5 Å². The number of hydrogen-bond acceptors (Lipinski definition) is 6. The van der Waals surface area contributed by atoms with Crippen molar-refractivity contribution >= 4 is 29.0 Å². The zero-order chi connectivity index (χ0) is 23.9. The largest absolute Gasteiger partial charge is 0.484 e. The second-order valence-electron chi connectivity index (χ2n) is 8.08. The van der Waals surface area contributed by atoms with Gasteiger partial charge in [-0.2, -0.15) is 0 Å². The smallest absolute Gasteiger partial charge is 0.260 e. The lowest BCUT2D eigenvalue weighted by Crippen LogP contribution is -2.50. The third-order valence-electron chi connectivity index (χ3n) is 6.07. The molecule has 8 heteroatoms. The first-order valence-electron chi connectivity index (χ1n) is 11.7. The fourth-order valence-corrected chi connectivity index (χ4v) is 4.32. The zero-order valence-corrected chi connectivity index (χ0v) is 20.4. The van der Waals surface area contributed by atoms with Crippen molar-refractivity contribution in [1.82, 2.24) is 15.1 Å². The van der Waals surface area contributed by atoms with Crippen LogP contribution < -0.4 is 14.5 Å². The van der Waals surface area contributed by atoms with Crippen LogP contribution in [0.2, 0.25) is 5.02 Å². The molecule has 0 unspecified atom stereocenters. The molecule has 0 atom stereocenters. The Labute approximate surface area is 205 Å². The van der Waals surface area contributed by atoms with Crippen molar-refractivity contribution in [3.8, 4) is 17.0 Å². The lowest BCUT2D eigenvalue weighted by atomic mass is 10.1. The third-order valence-corrected chi connectivity index (χ3v) is 6.39. The maximum atomic E-state index is 12.7. The lowest BCUT2D eigenvalue weighted by Gasteiger charge is -2.35. The summed E-state index contributed by atoms with van der Waals surface area (Å²) in [6, 6.07) is 19.4. The van der Waals surface area contributed by atoms with Gasteiger partial charge in [-0.1, -0.05) is 35.9 Å². The number of amides is 1. The van der Waals surface area contributed by atoms with E-state index in [2.05, 4.69) is 39.9 Å². The van der Waals surface area contributed by atoms with Crippen LogP contribution in [-0.2, 0) is 4.79 Å². The van der Waals surface area contributed by atoms with Gasteiger partial charge in [-0.25, -0.2) is 0 Å². The van der Waals surface area contributed by atoms with Crippen molar-refractivity contribution in [3.63, 3.8) is 0 Å². The van der Waals surface area contributed by atoms with Crippen LogP contribution in [0.4, 0.5) is 11.5 Å². The van der Waals surface area contributed by atoms with Crippen LogP contribution in [0.25, 0.3) is 11.3 Å². The highest BCUT2D eigenvalue weighted by atomic mass is 35.5. The number of carbonyl (C=O) groups is 1. The first-order valence-corrected chi connectivity index (χ1v) is 12.1. The van der Waals surface area contributed by atoms with Crippen molar-refractivity contribution in [2.75, 3.05) is 55.7 Å². The first-order chi connectivity index (χ1) is 16.6. The summed E-state index contributed by atoms with van der Waals surface area (Å²) < 4.78 is 5.81. The summed E-state index contributed by atoms with van der Waals surface area (Å²) in [5.74, 6) is 1.51. The number of hydrogen-bond donors (Lipinski definition) is 0. The van der Waals surface area contributed by atoms with E-state index in [1.165, 1.54) is 0 Å². The number of anilines is 2. The van der Waals surface area contributed by atoms with Gasteiger partial charge in [0.1, 0.15) is 5.75 Å². The molecule has 0 N–H and O–H groups in total. The Hall–Kier alpha value is -3.32. The van der Waals surface area contributed by atoms with Gasteiger partial charge in [0, 0.05) is 56.6 Å². The normalized spacial score (nSPS) is 13.6. The molecule has 1 aliphatic heterocycles. The molecule has 2 heterocycles. The van der Waals surface area contributed by atoms with Gasteiger partial charge < -0.3 is 19.4 Å². The predicted molar refractivity (Wildman–Crippen MR) is 137 cm³/mol. The topological polar surface area (TPSA) is 61.8 Å². The van der Waals surface area contributed by atoms with Crippen LogP contribution in [0.3, 0.4) is 0 Å². The molecule has 0 bridgehead atoms. The Kier molecular flexibility index (Phi) is 7.85. The summed E-state index contributed by atoms with van der Waals surface area (Å²) in [5.41, 5.74) is 2.71. The number of carbonyl (C=O) groups excluding carboxylic acids is 1. The van der Waals surface area contributed by atoms with E-state index in [0.29, 0.717) is 37.0 Å². The summed E-state index contributed by atoms with van der Waals surface area (Å²) in [7, 11) is 0. The molecule has 1 aliphatic rings. The molecule has 4 rings (SSSR count). The molecule has 1 fully saturated rings. The maximum absolute atomic E-state index is 12.7. The molecule has 178 valence electrons. The highest BCUT2D eigenvalue weighted by molar-refractivity contribution is 6.33. The van der Waals surface area contributed by atoms with Gasteiger partial charge >= 0.3 is 0 Å². The van der Waals surface area contributed by atoms with Crippen molar-refractivity contribution in [3.05, 3.63) is 65.7 Å². The Morgan fingerprint density at radius 1 is 0.971 bits per heavy atom. The Morgan fingerprint density at radius 3 is 2.41 bits per heavy atom. The minimum Gasteiger partial charge on any atom is -0.484 e. The average molecular weight is 480 g/mol. The average Bonchev–Trinajstić information content (AvgIpc) is 2.89. The van der Waals surface area contributed by atoms with Crippen LogP contribution in [0.15, 0.2) is 60.7 Å². The van der Waals surface area contributed by atoms with Gasteiger partial charge in [0.05, 0.1) is 10.7 Å². The minimum atomic E-state index is -0.00644. The highest BCUT2D eigenvalue weighted by Crippen LogP contribution is 2.26. The Balaban J connectivity index is 1.29. The molecule has 1 amide bonds. The van der Waals surface area contributed by atoms with Gasteiger partial charge in [0.15, 0.2) is 12.4 Å². The number of rotatable bonds is 8. The van der Waals surface area contributed by atoms with E-state index in [9.17, 15) is 4.79 Å². The molecule has 7 nitrogen and oxygen atoms in total. The number of aromatic nitrogens is 2. The van der Waals surface area contributed by atoms with Gasteiger partial charge in [0.2, 0.25) is 0 Å². The molecular formula is C26H30ClN5O2. The molecular weight excluding hydrogens is 450 g/mol. The van der Waals surface area contributed by atoms with Crippen LogP contribution in [0, 0.1) is 0 Å².